The van der Waals surface area contributed by atoms with E-state index in [0.717, 1.165) is 0 Å². The van der Waals surface area contributed by atoms with E-state index in [2.05, 4.69) is 4.74 Å². The van der Waals surface area contributed by atoms with Gasteiger partial charge in [-0.2, -0.15) is 48.3 Å². The van der Waals surface area contributed by atoms with Crippen LogP contribution in [0.15, 0.2) is 11.7 Å². The Balaban J connectivity index is 5.63. The maximum absolute atomic E-state index is 13.3. The minimum atomic E-state index is -7.23. The molecule has 0 saturated heterocycles. The molecule has 0 bridgehead atoms. The maximum atomic E-state index is 13.3. The molecule has 2 nitrogen and oxygen atoms in total. The lowest BCUT2D eigenvalue weighted by Crippen LogP contribution is -2.61. The number of hydrogen-bond donors (Lipinski definition) is 0. The van der Waals surface area contributed by atoms with E-state index in [0.29, 0.717) is 6.42 Å². The average molecular weight is 396 g/mol. The highest BCUT2D eigenvalue weighted by Gasteiger charge is 2.81. The van der Waals surface area contributed by atoms with Crippen LogP contribution in [-0.4, -0.2) is 36.5 Å². The van der Waals surface area contributed by atoms with Crippen LogP contribution in [0.2, 0.25) is 0 Å². The van der Waals surface area contributed by atoms with Crippen LogP contribution >= 0.6 is 0 Å². The first-order chi connectivity index (χ1) is 11.0. The van der Waals surface area contributed by atoms with Crippen molar-refractivity contribution in [2.24, 2.45) is 0 Å². The number of rotatable bonds is 8. The molecule has 0 unspecified atom stereocenters. The third kappa shape index (κ3) is 4.97. The lowest BCUT2D eigenvalue weighted by Gasteiger charge is -2.33. The quantitative estimate of drug-likeness (QED) is 0.240. The first-order valence-electron chi connectivity index (χ1n) is 6.44. The van der Waals surface area contributed by atoms with Gasteiger partial charge in [0.25, 0.3) is 6.08 Å². The van der Waals surface area contributed by atoms with Crippen molar-refractivity contribution in [1.82, 2.24) is 0 Å². The van der Waals surface area contributed by atoms with Gasteiger partial charge in [0.15, 0.2) is 0 Å². The van der Waals surface area contributed by atoms with Crippen molar-refractivity contribution in [3.8, 4) is 0 Å². The van der Waals surface area contributed by atoms with Crippen molar-refractivity contribution in [2.75, 3.05) is 6.61 Å². The molecule has 25 heavy (non-hydrogen) atoms. The number of esters is 1. The monoisotopic (exact) mass is 396 g/mol. The normalized spacial score (nSPS) is 13.6. The van der Waals surface area contributed by atoms with Gasteiger partial charge >= 0.3 is 29.9 Å². The second-order valence-corrected chi connectivity index (χ2v) is 4.76. The summed E-state index contributed by atoms with van der Waals surface area (Å²) in [5, 5.41) is 0. The van der Waals surface area contributed by atoms with Crippen molar-refractivity contribution >= 4 is 5.97 Å². The van der Waals surface area contributed by atoms with E-state index in [1.165, 1.54) is 0 Å². The molecule has 0 atom stereocenters. The van der Waals surface area contributed by atoms with Crippen LogP contribution in [0.4, 0.5) is 48.3 Å². The first-order valence-corrected chi connectivity index (χ1v) is 6.44. The predicted molar refractivity (Wildman–Crippen MR) is 60.6 cm³/mol. The minimum Gasteiger partial charge on any atom is -0.462 e. The Hall–Kier alpha value is -1.56. The first kappa shape index (κ1) is 23.4. The maximum Gasteiger partial charge on any atom is 0.460 e. The molecule has 0 aliphatic heterocycles. The summed E-state index contributed by atoms with van der Waals surface area (Å²) in [6.45, 7) is 0.973. The SMILES string of the molecule is CCCCOC(=O)C(CC(F)(F)C(F)(F)C(F)(F)C(F)(F)F)=C(F)F. The molecule has 0 heterocycles. The zero-order valence-electron chi connectivity index (χ0n) is 12.3. The van der Waals surface area contributed by atoms with Crippen molar-refractivity contribution in [3.05, 3.63) is 11.7 Å². The van der Waals surface area contributed by atoms with Gasteiger partial charge < -0.3 is 4.74 Å². The lowest BCUT2D eigenvalue weighted by molar-refractivity contribution is -0.395. The molecule has 0 N–H and O–H groups in total. The van der Waals surface area contributed by atoms with Gasteiger partial charge in [-0.3, -0.25) is 0 Å². The summed E-state index contributed by atoms with van der Waals surface area (Å²) >= 11 is 0. The molecular weight excluding hydrogens is 385 g/mol. The third-order valence-electron chi connectivity index (χ3n) is 2.81. The summed E-state index contributed by atoms with van der Waals surface area (Å²) in [5.41, 5.74) is -2.42. The van der Waals surface area contributed by atoms with Crippen molar-refractivity contribution in [2.45, 2.75) is 50.1 Å². The summed E-state index contributed by atoms with van der Waals surface area (Å²) in [7, 11) is 0. The van der Waals surface area contributed by atoms with E-state index in [4.69, 9.17) is 0 Å². The van der Waals surface area contributed by atoms with E-state index in [1.807, 2.05) is 0 Å². The van der Waals surface area contributed by atoms with Gasteiger partial charge in [0, 0.05) is 0 Å². The Morgan fingerprint density at radius 3 is 1.72 bits per heavy atom. The second-order valence-electron chi connectivity index (χ2n) is 4.76. The van der Waals surface area contributed by atoms with Gasteiger partial charge in [-0.25, -0.2) is 4.79 Å². The third-order valence-corrected chi connectivity index (χ3v) is 2.81. The molecule has 0 fully saturated rings. The molecule has 13 heteroatoms. The zero-order valence-corrected chi connectivity index (χ0v) is 12.3. The van der Waals surface area contributed by atoms with Gasteiger partial charge in [0.1, 0.15) is 5.57 Å². The lowest BCUT2D eigenvalue weighted by atomic mass is 9.97. The number of ether oxygens (including phenoxy) is 1. The van der Waals surface area contributed by atoms with E-state index in [9.17, 15) is 53.1 Å². The average Bonchev–Trinajstić information content (AvgIpc) is 2.42. The highest BCUT2D eigenvalue weighted by molar-refractivity contribution is 5.88. The van der Waals surface area contributed by atoms with Gasteiger partial charge in [-0.1, -0.05) is 13.3 Å². The van der Waals surface area contributed by atoms with Crippen molar-refractivity contribution < 1.29 is 57.8 Å². The summed E-state index contributed by atoms with van der Waals surface area (Å²) in [5.74, 6) is -22.9. The van der Waals surface area contributed by atoms with Crippen molar-refractivity contribution in [1.29, 1.82) is 0 Å². The predicted octanol–water partition coefficient (Wildman–Crippen LogP) is 5.34. The fourth-order valence-corrected chi connectivity index (χ4v) is 1.35. The smallest absolute Gasteiger partial charge is 0.460 e. The number of halogens is 11. The highest BCUT2D eigenvalue weighted by atomic mass is 19.4. The fourth-order valence-electron chi connectivity index (χ4n) is 1.35. The van der Waals surface area contributed by atoms with Crippen LogP contribution in [0.5, 0.6) is 0 Å². The van der Waals surface area contributed by atoms with E-state index >= 15 is 0 Å². The van der Waals surface area contributed by atoms with E-state index in [1.54, 1.807) is 6.92 Å². The summed E-state index contributed by atoms with van der Waals surface area (Å²) < 4.78 is 143. The molecule has 0 spiro atoms. The summed E-state index contributed by atoms with van der Waals surface area (Å²) in [6.07, 6.45) is -13.0. The Kier molecular flexibility index (Phi) is 7.28. The molecular formula is C12H11F11O2. The van der Waals surface area contributed by atoms with Gasteiger partial charge in [0.2, 0.25) is 0 Å². The van der Waals surface area contributed by atoms with Gasteiger partial charge in [-0.15, -0.1) is 0 Å². The van der Waals surface area contributed by atoms with Crippen LogP contribution < -0.4 is 0 Å². The largest absolute Gasteiger partial charge is 0.462 e. The Morgan fingerprint density at radius 2 is 1.36 bits per heavy atom. The van der Waals surface area contributed by atoms with E-state index in [-0.39, 0.29) is 6.42 Å². The molecule has 0 saturated carbocycles. The molecule has 0 aromatic heterocycles. The number of carbonyl (C=O) groups is 1. The number of carbonyl (C=O) groups excluding carboxylic acids is 1. The highest BCUT2D eigenvalue weighted by Crippen LogP contribution is 2.54. The van der Waals surface area contributed by atoms with E-state index < -0.39 is 54.6 Å². The van der Waals surface area contributed by atoms with Gasteiger partial charge in [-0.05, 0) is 6.42 Å². The molecule has 0 aromatic rings. The Labute approximate surface area is 133 Å². The molecule has 0 rings (SSSR count). The minimum absolute atomic E-state index is 0.0750. The van der Waals surface area contributed by atoms with Crippen molar-refractivity contribution in [3.63, 3.8) is 0 Å². The molecule has 0 aliphatic rings. The van der Waals surface area contributed by atoms with Gasteiger partial charge in [0.05, 0.1) is 13.0 Å². The van der Waals surface area contributed by atoms with Crippen LogP contribution in [0.25, 0.3) is 0 Å². The molecule has 0 aliphatic carbocycles. The number of unbranched alkanes of at least 4 members (excludes halogenated alkanes) is 1. The Morgan fingerprint density at radius 1 is 0.880 bits per heavy atom. The topological polar surface area (TPSA) is 26.3 Å². The summed E-state index contributed by atoms with van der Waals surface area (Å²) in [6, 6.07) is 0. The van der Waals surface area contributed by atoms with Crippen LogP contribution in [0, 0.1) is 0 Å². The number of alkyl halides is 9. The van der Waals surface area contributed by atoms with Crippen LogP contribution in [0.3, 0.4) is 0 Å². The second kappa shape index (κ2) is 7.77. The number of hydrogen-bond acceptors (Lipinski definition) is 2. The molecule has 0 radical (unpaired) electrons. The van der Waals surface area contributed by atoms with Crippen LogP contribution in [-0.2, 0) is 9.53 Å². The molecule has 148 valence electrons. The fraction of sp³-hybridized carbons (Fsp3) is 0.750. The zero-order chi connectivity index (χ0) is 20.3. The van der Waals surface area contributed by atoms with Crippen LogP contribution in [0.1, 0.15) is 26.2 Å². The molecule has 0 amide bonds. The molecule has 0 aromatic carbocycles. The standard InChI is InChI=1S/C12H11F11O2/c1-2-3-4-25-8(24)6(7(13)14)5-9(15,16)10(17,18)11(19,20)12(21,22)23/h2-5H2,1H3. The summed E-state index contributed by atoms with van der Waals surface area (Å²) in [4.78, 5) is 11.2. The Bertz CT molecular complexity index is 504.